The molecule has 9 heteroatoms. The van der Waals surface area contributed by atoms with E-state index in [1.165, 1.54) is 23.4 Å². The average molecular weight is 502 g/mol. The van der Waals surface area contributed by atoms with Gasteiger partial charge in [-0.2, -0.15) is 0 Å². The first kappa shape index (κ1) is 25.8. The molecule has 0 unspecified atom stereocenters. The molecule has 1 N–H and O–H groups in total. The van der Waals surface area contributed by atoms with Gasteiger partial charge in [0.1, 0.15) is 0 Å². The highest BCUT2D eigenvalue weighted by molar-refractivity contribution is 7.91. The molecular formula is C26H35N3O5S. The normalized spacial score (nSPS) is 22.8. The van der Waals surface area contributed by atoms with Gasteiger partial charge in [-0.05, 0) is 48.2 Å². The number of nitrogens with one attached hydrogen (secondary N) is 1. The van der Waals surface area contributed by atoms with Gasteiger partial charge in [-0.1, -0.05) is 26.8 Å². The molecule has 3 heterocycles. The second kappa shape index (κ2) is 10.7. The molecule has 1 aromatic heterocycles. The van der Waals surface area contributed by atoms with Crippen LogP contribution in [0.2, 0.25) is 0 Å². The summed E-state index contributed by atoms with van der Waals surface area (Å²) >= 11 is 0. The van der Waals surface area contributed by atoms with Crippen LogP contribution in [0.25, 0.3) is 0 Å². The van der Waals surface area contributed by atoms with Crippen LogP contribution in [0.3, 0.4) is 0 Å². The standard InChI is InChI=1S/C26H35N3O5S/c1-5-35(31,32)23-8-7-22(27-12-23)11-28-26(30)20-6-9-24-21(10-20)14-29(25(24)17(2)3)13-19-15-33-18(4)34-16-19/h6-10,12,17-19,25H,5,11,13-16H2,1-4H3,(H,28,30)/t18?,19?,25-/m0/s1. The van der Waals surface area contributed by atoms with E-state index in [2.05, 4.69) is 35.1 Å². The number of sulfone groups is 1. The molecule has 0 saturated carbocycles. The first-order valence-electron chi connectivity index (χ1n) is 12.2. The number of hydrogen-bond donors (Lipinski definition) is 1. The molecule has 2 aliphatic heterocycles. The molecule has 4 rings (SSSR count). The van der Waals surface area contributed by atoms with Gasteiger partial charge >= 0.3 is 0 Å². The molecule has 1 aromatic carbocycles. The summed E-state index contributed by atoms with van der Waals surface area (Å²) in [5.41, 5.74) is 3.66. The van der Waals surface area contributed by atoms with Crippen LogP contribution in [-0.2, 0) is 32.4 Å². The Morgan fingerprint density at radius 2 is 1.94 bits per heavy atom. The first-order valence-corrected chi connectivity index (χ1v) is 13.9. The van der Waals surface area contributed by atoms with E-state index in [1.807, 2.05) is 19.1 Å². The molecule has 0 bridgehead atoms. The van der Waals surface area contributed by atoms with Gasteiger partial charge in [0.2, 0.25) is 0 Å². The molecule has 8 nitrogen and oxygen atoms in total. The lowest BCUT2D eigenvalue weighted by Gasteiger charge is -2.34. The number of hydrogen-bond acceptors (Lipinski definition) is 7. The van der Waals surface area contributed by atoms with Crippen LogP contribution in [0.15, 0.2) is 41.4 Å². The van der Waals surface area contributed by atoms with Gasteiger partial charge < -0.3 is 14.8 Å². The van der Waals surface area contributed by atoms with E-state index in [9.17, 15) is 13.2 Å². The minimum atomic E-state index is -3.29. The highest BCUT2D eigenvalue weighted by Gasteiger charge is 2.35. The maximum Gasteiger partial charge on any atom is 0.251 e. The Morgan fingerprint density at radius 1 is 1.20 bits per heavy atom. The lowest BCUT2D eigenvalue weighted by atomic mass is 9.94. The summed E-state index contributed by atoms with van der Waals surface area (Å²) < 4.78 is 35.2. The van der Waals surface area contributed by atoms with Crippen LogP contribution < -0.4 is 5.32 Å². The molecule has 0 spiro atoms. The Morgan fingerprint density at radius 3 is 2.57 bits per heavy atom. The van der Waals surface area contributed by atoms with Gasteiger partial charge in [-0.15, -0.1) is 0 Å². The molecule has 1 amide bonds. The van der Waals surface area contributed by atoms with Crippen molar-refractivity contribution in [3.8, 4) is 0 Å². The summed E-state index contributed by atoms with van der Waals surface area (Å²) in [5.74, 6) is 0.614. The third-order valence-electron chi connectivity index (χ3n) is 6.71. The Kier molecular flexibility index (Phi) is 7.90. The fraction of sp³-hybridized carbons (Fsp3) is 0.538. The van der Waals surface area contributed by atoms with Crippen LogP contribution >= 0.6 is 0 Å². The molecule has 0 radical (unpaired) electrons. The van der Waals surface area contributed by atoms with Gasteiger partial charge in [-0.25, -0.2) is 8.42 Å². The Bertz CT molecular complexity index is 1140. The Labute approximate surface area is 207 Å². The SMILES string of the molecule is CCS(=O)(=O)c1ccc(CNC(=O)c2ccc3c(c2)CN(CC2COC(C)OC2)[C@H]3C(C)C)nc1. The van der Waals surface area contributed by atoms with Crippen molar-refractivity contribution in [1.29, 1.82) is 0 Å². The molecule has 2 aromatic rings. The lowest BCUT2D eigenvalue weighted by molar-refractivity contribution is -0.193. The lowest BCUT2D eigenvalue weighted by Crippen LogP contribution is -2.39. The third-order valence-corrected chi connectivity index (χ3v) is 8.43. The van der Waals surface area contributed by atoms with Crippen LogP contribution in [0, 0.1) is 11.8 Å². The van der Waals surface area contributed by atoms with Crippen molar-refractivity contribution in [1.82, 2.24) is 15.2 Å². The van der Waals surface area contributed by atoms with Crippen LogP contribution in [0.4, 0.5) is 0 Å². The van der Waals surface area contributed by atoms with Crippen molar-refractivity contribution in [3.63, 3.8) is 0 Å². The number of nitrogens with zero attached hydrogens (tertiary/aromatic N) is 2. The van der Waals surface area contributed by atoms with Gasteiger partial charge in [0, 0.05) is 36.8 Å². The van der Waals surface area contributed by atoms with Gasteiger partial charge in [0.25, 0.3) is 5.91 Å². The van der Waals surface area contributed by atoms with Crippen molar-refractivity contribution in [2.24, 2.45) is 11.8 Å². The van der Waals surface area contributed by atoms with E-state index in [-0.39, 0.29) is 29.4 Å². The maximum atomic E-state index is 12.9. The van der Waals surface area contributed by atoms with Gasteiger partial charge in [0.15, 0.2) is 16.1 Å². The van der Waals surface area contributed by atoms with Crippen LogP contribution in [0.1, 0.15) is 60.9 Å². The van der Waals surface area contributed by atoms with Gasteiger partial charge in [0.05, 0.1) is 36.1 Å². The summed E-state index contributed by atoms with van der Waals surface area (Å²) in [6.07, 6.45) is 1.21. The van der Waals surface area contributed by atoms with E-state index >= 15 is 0 Å². The highest BCUT2D eigenvalue weighted by Crippen LogP contribution is 2.39. The number of fused-ring (bicyclic) bond motifs is 1. The molecule has 1 saturated heterocycles. The fourth-order valence-corrected chi connectivity index (χ4v) is 5.68. The second-order valence-corrected chi connectivity index (χ2v) is 12.0. The Balaban J connectivity index is 1.40. The summed E-state index contributed by atoms with van der Waals surface area (Å²) in [5, 5.41) is 2.90. The highest BCUT2D eigenvalue weighted by atomic mass is 32.2. The molecule has 35 heavy (non-hydrogen) atoms. The predicted octanol–water partition coefficient (Wildman–Crippen LogP) is 3.33. The van der Waals surface area contributed by atoms with Crippen molar-refractivity contribution in [2.45, 2.75) is 58.0 Å². The number of carbonyl (C=O) groups excluding carboxylic acids is 1. The van der Waals surface area contributed by atoms with E-state index in [4.69, 9.17) is 9.47 Å². The third kappa shape index (κ3) is 5.91. The number of benzene rings is 1. The summed E-state index contributed by atoms with van der Waals surface area (Å²) in [6, 6.07) is 9.41. The van der Waals surface area contributed by atoms with E-state index in [1.54, 1.807) is 13.0 Å². The van der Waals surface area contributed by atoms with Crippen molar-refractivity contribution >= 4 is 15.7 Å². The maximum absolute atomic E-state index is 12.9. The average Bonchev–Trinajstić information content (AvgIpc) is 3.21. The number of carbonyl (C=O) groups is 1. The zero-order chi connectivity index (χ0) is 25.2. The Hall–Kier alpha value is -2.33. The predicted molar refractivity (Wildman–Crippen MR) is 132 cm³/mol. The van der Waals surface area contributed by atoms with Crippen molar-refractivity contribution in [2.75, 3.05) is 25.5 Å². The zero-order valence-electron chi connectivity index (χ0n) is 20.9. The minimum Gasteiger partial charge on any atom is -0.353 e. The van der Waals surface area contributed by atoms with Crippen molar-refractivity contribution in [3.05, 3.63) is 58.9 Å². The number of pyridine rings is 1. The van der Waals surface area contributed by atoms with E-state index < -0.39 is 9.84 Å². The number of amides is 1. The van der Waals surface area contributed by atoms with Crippen molar-refractivity contribution < 1.29 is 22.7 Å². The van der Waals surface area contributed by atoms with Crippen LogP contribution in [0.5, 0.6) is 0 Å². The largest absolute Gasteiger partial charge is 0.353 e. The molecule has 190 valence electrons. The quantitative estimate of drug-likeness (QED) is 0.593. The second-order valence-electron chi connectivity index (χ2n) is 9.70. The summed E-state index contributed by atoms with van der Waals surface area (Å²) in [4.78, 5) is 19.7. The molecule has 1 atom stereocenters. The molecule has 0 aliphatic carbocycles. The van der Waals surface area contributed by atoms with E-state index in [0.717, 1.165) is 13.1 Å². The summed E-state index contributed by atoms with van der Waals surface area (Å²) in [7, 11) is -3.29. The minimum absolute atomic E-state index is 0.0274. The zero-order valence-corrected chi connectivity index (χ0v) is 21.7. The fourth-order valence-electron chi connectivity index (χ4n) is 4.86. The number of rotatable bonds is 8. The summed E-state index contributed by atoms with van der Waals surface area (Å²) in [6.45, 7) is 11.3. The first-order chi connectivity index (χ1) is 16.7. The topological polar surface area (TPSA) is 97.8 Å². The molecule has 2 aliphatic rings. The molecular weight excluding hydrogens is 466 g/mol. The monoisotopic (exact) mass is 501 g/mol. The van der Waals surface area contributed by atoms with E-state index in [0.29, 0.717) is 42.3 Å². The number of ether oxygens (including phenoxy) is 2. The van der Waals surface area contributed by atoms with Crippen LogP contribution in [-0.4, -0.2) is 56.0 Å². The van der Waals surface area contributed by atoms with Gasteiger partial charge in [-0.3, -0.25) is 14.7 Å². The molecule has 1 fully saturated rings. The smallest absolute Gasteiger partial charge is 0.251 e. The number of aromatic nitrogens is 1.